The first-order valence-electron chi connectivity index (χ1n) is 5.61. The number of hydrogen-bond acceptors (Lipinski definition) is 4. The third-order valence-corrected chi connectivity index (χ3v) is 3.95. The van der Waals surface area contributed by atoms with Gasteiger partial charge in [0.25, 0.3) is 0 Å². The number of hydrogen-bond donors (Lipinski definition) is 1. The van der Waals surface area contributed by atoms with Crippen LogP contribution in [0.15, 0.2) is 4.47 Å². The van der Waals surface area contributed by atoms with E-state index < -0.39 is 0 Å². The van der Waals surface area contributed by atoms with Crippen molar-refractivity contribution >= 4 is 21.7 Å². The van der Waals surface area contributed by atoms with Crippen molar-refractivity contribution in [2.45, 2.75) is 19.4 Å². The first-order chi connectivity index (χ1) is 8.09. The number of aryl methyl sites for hydroxylation is 2. The van der Waals surface area contributed by atoms with Gasteiger partial charge in [0.15, 0.2) is 5.78 Å². The number of nitrogens with one attached hydrogen (secondary N) is 1. The molecular formula is C11H16BrN3O2. The quantitative estimate of drug-likeness (QED) is 0.888. The molecule has 1 unspecified atom stereocenters. The number of ether oxygens (including phenoxy) is 1. The Morgan fingerprint density at radius 2 is 2.47 bits per heavy atom. The van der Waals surface area contributed by atoms with Crippen LogP contribution in [0, 0.1) is 6.92 Å². The van der Waals surface area contributed by atoms with E-state index in [0.717, 1.165) is 22.4 Å². The molecule has 6 heteroatoms. The average molecular weight is 302 g/mol. The molecule has 1 N–H and O–H groups in total. The second-order valence-corrected chi connectivity index (χ2v) is 4.99. The van der Waals surface area contributed by atoms with Crippen LogP contribution in [-0.2, 0) is 23.0 Å². The molecule has 1 aliphatic heterocycles. The largest absolute Gasteiger partial charge is 0.378 e. The average Bonchev–Trinajstić information content (AvgIpc) is 2.57. The Kier molecular flexibility index (Phi) is 3.96. The number of aromatic nitrogens is 2. The molecule has 1 aromatic heterocycles. The summed E-state index contributed by atoms with van der Waals surface area (Å²) in [7, 11) is 1.85. The smallest absolute Gasteiger partial charge is 0.158 e. The van der Waals surface area contributed by atoms with Crippen LogP contribution in [-0.4, -0.2) is 41.4 Å². The molecule has 0 bridgehead atoms. The summed E-state index contributed by atoms with van der Waals surface area (Å²) in [5.74, 6) is 0.147. The van der Waals surface area contributed by atoms with Crippen LogP contribution in [0.3, 0.4) is 0 Å². The highest BCUT2D eigenvalue weighted by atomic mass is 79.9. The molecule has 17 heavy (non-hydrogen) atoms. The molecule has 1 atom stereocenters. The molecule has 2 heterocycles. The number of morpholine rings is 1. The van der Waals surface area contributed by atoms with E-state index in [1.165, 1.54) is 0 Å². The molecule has 2 rings (SSSR count). The molecule has 0 aliphatic carbocycles. The summed E-state index contributed by atoms with van der Waals surface area (Å²) in [6.07, 6.45) is 0.374. The van der Waals surface area contributed by atoms with Crippen molar-refractivity contribution in [1.82, 2.24) is 15.1 Å². The lowest BCUT2D eigenvalue weighted by atomic mass is 10.1. The van der Waals surface area contributed by atoms with Crippen LogP contribution in [0.5, 0.6) is 0 Å². The summed E-state index contributed by atoms with van der Waals surface area (Å²) >= 11 is 3.47. The predicted molar refractivity (Wildman–Crippen MR) is 67.0 cm³/mol. The maximum Gasteiger partial charge on any atom is 0.158 e. The molecule has 0 saturated carbocycles. The lowest BCUT2D eigenvalue weighted by Gasteiger charge is -2.22. The molecule has 0 radical (unpaired) electrons. The fourth-order valence-electron chi connectivity index (χ4n) is 1.93. The van der Waals surface area contributed by atoms with Crippen LogP contribution in [0.1, 0.15) is 11.4 Å². The fourth-order valence-corrected chi connectivity index (χ4v) is 2.41. The summed E-state index contributed by atoms with van der Waals surface area (Å²) in [4.78, 5) is 12.1. The van der Waals surface area contributed by atoms with Gasteiger partial charge in [-0.1, -0.05) is 0 Å². The van der Waals surface area contributed by atoms with Crippen LogP contribution < -0.4 is 5.32 Å². The molecule has 1 fully saturated rings. The Morgan fingerprint density at radius 1 is 1.71 bits per heavy atom. The molecule has 0 spiro atoms. The van der Waals surface area contributed by atoms with Crippen LogP contribution in [0.2, 0.25) is 0 Å². The molecule has 1 aromatic rings. The Labute approximate surface area is 109 Å². The minimum absolute atomic E-state index is 0.147. The maximum absolute atomic E-state index is 12.1. The lowest BCUT2D eigenvalue weighted by Crippen LogP contribution is -2.47. The zero-order chi connectivity index (χ0) is 12.4. The van der Waals surface area contributed by atoms with Crippen molar-refractivity contribution in [3.8, 4) is 0 Å². The van der Waals surface area contributed by atoms with Gasteiger partial charge in [-0.3, -0.25) is 9.48 Å². The van der Waals surface area contributed by atoms with Gasteiger partial charge in [0, 0.05) is 13.6 Å². The highest BCUT2D eigenvalue weighted by Gasteiger charge is 2.23. The second-order valence-electron chi connectivity index (χ2n) is 4.19. The van der Waals surface area contributed by atoms with E-state index in [9.17, 15) is 4.79 Å². The Hall–Kier alpha value is -0.720. The third kappa shape index (κ3) is 2.75. The van der Waals surface area contributed by atoms with Gasteiger partial charge in [-0.25, -0.2) is 0 Å². The first kappa shape index (κ1) is 12.7. The van der Waals surface area contributed by atoms with Crippen molar-refractivity contribution in [2.24, 2.45) is 7.05 Å². The zero-order valence-electron chi connectivity index (χ0n) is 9.99. The summed E-state index contributed by atoms with van der Waals surface area (Å²) in [6, 6.07) is -0.189. The number of ketones is 1. The van der Waals surface area contributed by atoms with Crippen molar-refractivity contribution < 1.29 is 9.53 Å². The van der Waals surface area contributed by atoms with E-state index in [2.05, 4.69) is 26.3 Å². The number of nitrogens with zero attached hydrogens (tertiary/aromatic N) is 2. The summed E-state index contributed by atoms with van der Waals surface area (Å²) < 4.78 is 7.96. The van der Waals surface area contributed by atoms with E-state index in [4.69, 9.17) is 4.74 Å². The molecule has 5 nitrogen and oxygen atoms in total. The van der Waals surface area contributed by atoms with Crippen LogP contribution in [0.25, 0.3) is 0 Å². The van der Waals surface area contributed by atoms with E-state index in [-0.39, 0.29) is 11.8 Å². The van der Waals surface area contributed by atoms with Crippen molar-refractivity contribution in [3.63, 3.8) is 0 Å². The summed E-state index contributed by atoms with van der Waals surface area (Å²) in [5, 5.41) is 7.44. The van der Waals surface area contributed by atoms with E-state index in [1.807, 2.05) is 14.0 Å². The molecule has 1 saturated heterocycles. The number of carbonyl (C=O) groups excluding carboxylic acids is 1. The molecular weight excluding hydrogens is 286 g/mol. The maximum atomic E-state index is 12.1. The van der Waals surface area contributed by atoms with Crippen molar-refractivity contribution in [1.29, 1.82) is 0 Å². The standard InChI is InChI=1S/C11H16BrN3O2/c1-7-11(12)9(15(2)14-7)5-10(16)8-6-17-4-3-13-8/h8,13H,3-6H2,1-2H3. The van der Waals surface area contributed by atoms with Crippen molar-refractivity contribution in [2.75, 3.05) is 19.8 Å². The van der Waals surface area contributed by atoms with Gasteiger partial charge in [-0.05, 0) is 22.9 Å². The van der Waals surface area contributed by atoms with E-state index in [1.54, 1.807) is 4.68 Å². The Balaban J connectivity index is 2.07. The highest BCUT2D eigenvalue weighted by Crippen LogP contribution is 2.21. The van der Waals surface area contributed by atoms with E-state index >= 15 is 0 Å². The zero-order valence-corrected chi connectivity index (χ0v) is 11.6. The summed E-state index contributed by atoms with van der Waals surface area (Å²) in [5.41, 5.74) is 1.82. The van der Waals surface area contributed by atoms with Crippen molar-refractivity contribution in [3.05, 3.63) is 15.9 Å². The van der Waals surface area contributed by atoms with Crippen LogP contribution >= 0.6 is 15.9 Å². The lowest BCUT2D eigenvalue weighted by molar-refractivity contribution is -0.123. The molecule has 0 aromatic carbocycles. The highest BCUT2D eigenvalue weighted by molar-refractivity contribution is 9.10. The van der Waals surface area contributed by atoms with Gasteiger partial charge in [0.2, 0.25) is 0 Å². The van der Waals surface area contributed by atoms with Gasteiger partial charge >= 0.3 is 0 Å². The number of carbonyl (C=O) groups is 1. The minimum atomic E-state index is -0.189. The number of Topliss-reactive ketones (excluding diaryl/α,β-unsaturated/α-hetero) is 1. The van der Waals surface area contributed by atoms with Gasteiger partial charge in [0.05, 0.1) is 41.5 Å². The second kappa shape index (κ2) is 5.29. The van der Waals surface area contributed by atoms with Crippen LogP contribution in [0.4, 0.5) is 0 Å². The fraction of sp³-hybridized carbons (Fsp3) is 0.636. The SMILES string of the molecule is Cc1nn(C)c(CC(=O)C2COCCN2)c1Br. The van der Waals surface area contributed by atoms with Gasteiger partial charge in [-0.2, -0.15) is 5.10 Å². The summed E-state index contributed by atoms with van der Waals surface area (Å²) in [6.45, 7) is 3.80. The number of rotatable bonds is 3. The van der Waals surface area contributed by atoms with Gasteiger partial charge in [0.1, 0.15) is 0 Å². The Morgan fingerprint density at radius 3 is 3.00 bits per heavy atom. The molecule has 0 amide bonds. The predicted octanol–water partition coefficient (Wildman–Crippen LogP) is 0.591. The minimum Gasteiger partial charge on any atom is -0.378 e. The number of halogens is 1. The normalized spacial score (nSPS) is 20.5. The third-order valence-electron chi connectivity index (χ3n) is 2.91. The topological polar surface area (TPSA) is 56.2 Å². The molecule has 94 valence electrons. The molecule has 1 aliphatic rings. The van der Waals surface area contributed by atoms with Gasteiger partial charge < -0.3 is 10.1 Å². The van der Waals surface area contributed by atoms with E-state index in [0.29, 0.717) is 19.6 Å². The van der Waals surface area contributed by atoms with Gasteiger partial charge in [-0.15, -0.1) is 0 Å². The Bertz CT molecular complexity index is 425. The monoisotopic (exact) mass is 301 g/mol. The first-order valence-corrected chi connectivity index (χ1v) is 6.40.